The molecule has 0 atom stereocenters. The molecule has 128 valence electrons. The van der Waals surface area contributed by atoms with Crippen LogP contribution in [0.4, 0.5) is 5.69 Å². The van der Waals surface area contributed by atoms with E-state index < -0.39 is 0 Å². The second-order valence-corrected chi connectivity index (χ2v) is 6.14. The number of benzene rings is 2. The van der Waals surface area contributed by atoms with Gasteiger partial charge in [-0.2, -0.15) is 0 Å². The number of rotatable bonds is 5. The van der Waals surface area contributed by atoms with Crippen molar-refractivity contribution in [2.45, 2.75) is 27.4 Å². The maximum atomic E-state index is 12.4. The molecule has 0 bridgehead atoms. The first-order valence-corrected chi connectivity index (χ1v) is 8.18. The molecule has 0 aliphatic rings. The molecule has 1 N–H and O–H groups in total. The molecule has 0 aliphatic heterocycles. The van der Waals surface area contributed by atoms with Gasteiger partial charge in [-0.15, -0.1) is 0 Å². The summed E-state index contributed by atoms with van der Waals surface area (Å²) in [7, 11) is 0. The fraction of sp³-hybridized carbons (Fsp3) is 0.190. The van der Waals surface area contributed by atoms with Crippen molar-refractivity contribution in [1.29, 1.82) is 0 Å². The third-order valence-corrected chi connectivity index (χ3v) is 3.90. The van der Waals surface area contributed by atoms with E-state index >= 15 is 0 Å². The Hall–Kier alpha value is -3.01. The average Bonchev–Trinajstić information content (AvgIpc) is 3.05. The Bertz CT molecular complexity index is 896. The van der Waals surface area contributed by atoms with Crippen LogP contribution in [-0.4, -0.2) is 5.91 Å². The minimum Gasteiger partial charge on any atom is -0.486 e. The highest BCUT2D eigenvalue weighted by Gasteiger charge is 2.13. The van der Waals surface area contributed by atoms with Crippen molar-refractivity contribution in [1.82, 2.24) is 0 Å². The van der Waals surface area contributed by atoms with E-state index in [1.807, 2.05) is 63.2 Å². The predicted molar refractivity (Wildman–Crippen MR) is 98.1 cm³/mol. The Kier molecular flexibility index (Phi) is 4.89. The van der Waals surface area contributed by atoms with Crippen LogP contribution in [0.25, 0.3) is 0 Å². The summed E-state index contributed by atoms with van der Waals surface area (Å²) in [5, 5.41) is 2.89. The Morgan fingerprint density at radius 2 is 1.80 bits per heavy atom. The van der Waals surface area contributed by atoms with Crippen molar-refractivity contribution in [3.63, 3.8) is 0 Å². The average molecular weight is 335 g/mol. The molecule has 0 saturated carbocycles. The van der Waals surface area contributed by atoms with Gasteiger partial charge in [0.1, 0.15) is 18.1 Å². The van der Waals surface area contributed by atoms with Gasteiger partial charge >= 0.3 is 0 Å². The van der Waals surface area contributed by atoms with Crippen LogP contribution < -0.4 is 10.1 Å². The van der Waals surface area contributed by atoms with Gasteiger partial charge in [0.2, 0.25) is 0 Å². The van der Waals surface area contributed by atoms with Crippen molar-refractivity contribution in [3.8, 4) is 5.75 Å². The van der Waals surface area contributed by atoms with Gasteiger partial charge in [-0.05, 0) is 67.8 Å². The molecule has 1 amide bonds. The van der Waals surface area contributed by atoms with Gasteiger partial charge in [0.25, 0.3) is 5.91 Å². The van der Waals surface area contributed by atoms with Gasteiger partial charge in [0, 0.05) is 5.69 Å². The Labute approximate surface area is 147 Å². The number of anilines is 1. The first kappa shape index (κ1) is 16.8. The largest absolute Gasteiger partial charge is 0.486 e. The first-order chi connectivity index (χ1) is 12.0. The molecule has 3 rings (SSSR count). The number of nitrogens with one attached hydrogen (secondary N) is 1. The SMILES string of the molecule is Cc1cccc(OCc2ccc(C(=O)Nc3cc(C)ccc3C)o2)c1. The second-order valence-electron chi connectivity index (χ2n) is 6.14. The summed E-state index contributed by atoms with van der Waals surface area (Å²) in [6.07, 6.45) is 0. The number of furan rings is 1. The molecule has 1 heterocycles. The van der Waals surface area contributed by atoms with Crippen molar-refractivity contribution >= 4 is 11.6 Å². The quantitative estimate of drug-likeness (QED) is 0.711. The van der Waals surface area contributed by atoms with Gasteiger partial charge in [-0.1, -0.05) is 24.3 Å². The van der Waals surface area contributed by atoms with Crippen LogP contribution in [0.5, 0.6) is 5.75 Å². The zero-order valence-corrected chi connectivity index (χ0v) is 14.6. The minimum atomic E-state index is -0.268. The highest BCUT2D eigenvalue weighted by atomic mass is 16.5. The molecule has 0 saturated heterocycles. The van der Waals surface area contributed by atoms with E-state index in [0.29, 0.717) is 5.76 Å². The smallest absolute Gasteiger partial charge is 0.291 e. The highest BCUT2D eigenvalue weighted by Crippen LogP contribution is 2.19. The lowest BCUT2D eigenvalue weighted by atomic mass is 10.1. The molecule has 2 aromatic carbocycles. The van der Waals surface area contributed by atoms with Gasteiger partial charge in [-0.3, -0.25) is 4.79 Å². The van der Waals surface area contributed by atoms with E-state index in [0.717, 1.165) is 28.1 Å². The van der Waals surface area contributed by atoms with Crippen molar-refractivity contribution < 1.29 is 13.9 Å². The van der Waals surface area contributed by atoms with Crippen LogP contribution in [0.3, 0.4) is 0 Å². The third-order valence-electron chi connectivity index (χ3n) is 3.90. The molecular formula is C21H21NO3. The Morgan fingerprint density at radius 1 is 1.00 bits per heavy atom. The zero-order chi connectivity index (χ0) is 17.8. The fourth-order valence-electron chi connectivity index (χ4n) is 2.49. The summed E-state index contributed by atoms with van der Waals surface area (Å²) in [6, 6.07) is 17.2. The van der Waals surface area contributed by atoms with Crippen LogP contribution in [0, 0.1) is 20.8 Å². The molecule has 0 aliphatic carbocycles. The molecule has 0 fully saturated rings. The van der Waals surface area contributed by atoms with E-state index in [4.69, 9.17) is 9.15 Å². The summed E-state index contributed by atoms with van der Waals surface area (Å²) < 4.78 is 11.3. The molecule has 25 heavy (non-hydrogen) atoms. The molecule has 4 heteroatoms. The van der Waals surface area contributed by atoms with Crippen LogP contribution in [0.2, 0.25) is 0 Å². The van der Waals surface area contributed by atoms with E-state index in [9.17, 15) is 4.79 Å². The van der Waals surface area contributed by atoms with E-state index in [2.05, 4.69) is 5.32 Å². The van der Waals surface area contributed by atoms with Crippen LogP contribution in [0.15, 0.2) is 59.0 Å². The number of amides is 1. The number of hydrogen-bond acceptors (Lipinski definition) is 3. The summed E-state index contributed by atoms with van der Waals surface area (Å²) in [5.41, 5.74) is 4.02. The van der Waals surface area contributed by atoms with Crippen molar-refractivity contribution in [2.24, 2.45) is 0 Å². The minimum absolute atomic E-state index is 0.267. The lowest BCUT2D eigenvalue weighted by Gasteiger charge is -2.08. The predicted octanol–water partition coefficient (Wildman–Crippen LogP) is 5.04. The highest BCUT2D eigenvalue weighted by molar-refractivity contribution is 6.02. The normalized spacial score (nSPS) is 10.5. The lowest BCUT2D eigenvalue weighted by molar-refractivity contribution is 0.0992. The van der Waals surface area contributed by atoms with Gasteiger partial charge in [0.05, 0.1) is 0 Å². The standard InChI is InChI=1S/C21H21NO3/c1-14-5-4-6-17(11-14)24-13-18-9-10-20(25-18)21(23)22-19-12-15(2)7-8-16(19)3/h4-12H,13H2,1-3H3,(H,22,23). The third kappa shape index (κ3) is 4.29. The van der Waals surface area contributed by atoms with Crippen LogP contribution in [-0.2, 0) is 6.61 Å². The number of carbonyl (C=O) groups excluding carboxylic acids is 1. The van der Waals surface area contributed by atoms with Gasteiger partial charge < -0.3 is 14.5 Å². The number of ether oxygens (including phenoxy) is 1. The molecule has 1 aromatic heterocycles. The summed E-state index contributed by atoms with van der Waals surface area (Å²) >= 11 is 0. The van der Waals surface area contributed by atoms with E-state index in [-0.39, 0.29) is 18.3 Å². The van der Waals surface area contributed by atoms with Crippen molar-refractivity contribution in [3.05, 3.63) is 82.8 Å². The van der Waals surface area contributed by atoms with Gasteiger partial charge in [0.15, 0.2) is 5.76 Å². The van der Waals surface area contributed by atoms with Crippen LogP contribution in [0.1, 0.15) is 33.0 Å². The number of hydrogen-bond donors (Lipinski definition) is 1. The van der Waals surface area contributed by atoms with E-state index in [1.165, 1.54) is 0 Å². The Morgan fingerprint density at radius 3 is 2.60 bits per heavy atom. The Balaban J connectivity index is 1.64. The van der Waals surface area contributed by atoms with Crippen LogP contribution >= 0.6 is 0 Å². The lowest BCUT2D eigenvalue weighted by Crippen LogP contribution is -2.12. The maximum Gasteiger partial charge on any atom is 0.291 e. The fourth-order valence-corrected chi connectivity index (χ4v) is 2.49. The van der Waals surface area contributed by atoms with E-state index in [1.54, 1.807) is 12.1 Å². The summed E-state index contributed by atoms with van der Waals surface area (Å²) in [6.45, 7) is 6.23. The molecule has 0 spiro atoms. The molecule has 3 aromatic rings. The molecule has 0 radical (unpaired) electrons. The van der Waals surface area contributed by atoms with Gasteiger partial charge in [-0.25, -0.2) is 0 Å². The number of carbonyl (C=O) groups is 1. The second kappa shape index (κ2) is 7.26. The zero-order valence-electron chi connectivity index (χ0n) is 14.6. The molecular weight excluding hydrogens is 314 g/mol. The summed E-state index contributed by atoms with van der Waals surface area (Å²) in [5.74, 6) is 1.38. The topological polar surface area (TPSA) is 51.5 Å². The monoisotopic (exact) mass is 335 g/mol. The molecule has 0 unspecified atom stereocenters. The maximum absolute atomic E-state index is 12.4. The first-order valence-electron chi connectivity index (χ1n) is 8.18. The number of aryl methyl sites for hydroxylation is 3. The molecule has 4 nitrogen and oxygen atoms in total. The van der Waals surface area contributed by atoms with Crippen molar-refractivity contribution in [2.75, 3.05) is 5.32 Å². The summed E-state index contributed by atoms with van der Waals surface area (Å²) in [4.78, 5) is 12.4.